The number of nitrogens with zero attached hydrogens (tertiary/aromatic N) is 4. The zero-order valence-electron chi connectivity index (χ0n) is 21.8. The molecule has 3 saturated heterocycles. The third-order valence-electron chi connectivity index (χ3n) is 8.60. The molecule has 5 nitrogen and oxygen atoms in total. The van der Waals surface area contributed by atoms with Crippen LogP contribution in [0.15, 0.2) is 42.5 Å². The van der Waals surface area contributed by atoms with Gasteiger partial charge in [-0.25, -0.2) is 4.98 Å². The predicted molar refractivity (Wildman–Crippen MR) is 140 cm³/mol. The van der Waals surface area contributed by atoms with Crippen LogP contribution in [-0.2, 0) is 22.9 Å². The second-order valence-corrected chi connectivity index (χ2v) is 11.1. The Bertz CT molecular complexity index is 1010. The summed E-state index contributed by atoms with van der Waals surface area (Å²) in [4.78, 5) is 11.5. The second kappa shape index (κ2) is 11.3. The molecular formula is C29H39F3N4O. The Hall–Kier alpha value is -2.16. The Balaban J connectivity index is 1.28. The molecule has 2 aromatic rings. The van der Waals surface area contributed by atoms with Crippen LogP contribution in [0, 0.1) is 0 Å². The van der Waals surface area contributed by atoms with Crippen molar-refractivity contribution in [3.05, 3.63) is 59.3 Å². The largest absolute Gasteiger partial charge is 0.416 e. The lowest BCUT2D eigenvalue weighted by molar-refractivity contribution is -0.137. The average Bonchev–Trinajstić information content (AvgIpc) is 3.45. The van der Waals surface area contributed by atoms with Crippen LogP contribution in [0.2, 0.25) is 0 Å². The number of likely N-dealkylation sites (tertiary alicyclic amines) is 2. The molecule has 3 aliphatic rings. The van der Waals surface area contributed by atoms with E-state index in [0.29, 0.717) is 24.2 Å². The van der Waals surface area contributed by atoms with Gasteiger partial charge in [0.15, 0.2) is 0 Å². The highest BCUT2D eigenvalue weighted by Gasteiger charge is 2.36. The van der Waals surface area contributed by atoms with E-state index < -0.39 is 11.7 Å². The number of aromatic nitrogens is 1. The van der Waals surface area contributed by atoms with E-state index in [0.717, 1.165) is 71.0 Å². The van der Waals surface area contributed by atoms with Crippen molar-refractivity contribution in [1.82, 2.24) is 14.8 Å². The first kappa shape index (κ1) is 26.4. The first-order valence-corrected chi connectivity index (χ1v) is 13.7. The highest BCUT2D eigenvalue weighted by atomic mass is 19.4. The Labute approximate surface area is 218 Å². The minimum absolute atomic E-state index is 0.0750. The summed E-state index contributed by atoms with van der Waals surface area (Å²) < 4.78 is 47.6. The number of ether oxygens (including phenoxy) is 1. The SMILES string of the molecule is CN1CCC(COCc2cc(C(F)(F)F)cc(N3CCC(N4CCCC4)CC3)n2)(c2ccccc2)CC1. The fourth-order valence-corrected chi connectivity index (χ4v) is 6.24. The number of alkyl halides is 3. The number of hydrogen-bond donors (Lipinski definition) is 0. The number of pyridine rings is 1. The maximum Gasteiger partial charge on any atom is 0.416 e. The van der Waals surface area contributed by atoms with Gasteiger partial charge in [-0.2, -0.15) is 13.2 Å². The van der Waals surface area contributed by atoms with Crippen molar-refractivity contribution >= 4 is 5.82 Å². The summed E-state index contributed by atoms with van der Waals surface area (Å²) >= 11 is 0. The second-order valence-electron chi connectivity index (χ2n) is 11.1. The molecule has 0 aliphatic carbocycles. The van der Waals surface area contributed by atoms with Gasteiger partial charge in [-0.05, 0) is 89.4 Å². The quantitative estimate of drug-likeness (QED) is 0.496. The number of piperidine rings is 2. The van der Waals surface area contributed by atoms with Gasteiger partial charge in [0.1, 0.15) is 5.82 Å². The highest BCUT2D eigenvalue weighted by Crippen LogP contribution is 2.37. The molecule has 3 aliphatic heterocycles. The van der Waals surface area contributed by atoms with E-state index in [1.165, 1.54) is 24.5 Å². The molecule has 0 saturated carbocycles. The first-order valence-electron chi connectivity index (χ1n) is 13.7. The van der Waals surface area contributed by atoms with Crippen molar-refractivity contribution in [2.45, 2.75) is 62.8 Å². The molecule has 0 bridgehead atoms. The highest BCUT2D eigenvalue weighted by molar-refractivity contribution is 5.44. The molecule has 0 atom stereocenters. The van der Waals surface area contributed by atoms with E-state index in [9.17, 15) is 13.2 Å². The third-order valence-corrected chi connectivity index (χ3v) is 8.60. The van der Waals surface area contributed by atoms with Crippen LogP contribution in [0.4, 0.5) is 19.0 Å². The van der Waals surface area contributed by atoms with E-state index in [1.54, 1.807) is 0 Å². The minimum Gasteiger partial charge on any atom is -0.374 e. The Morgan fingerprint density at radius 2 is 1.62 bits per heavy atom. The van der Waals surface area contributed by atoms with Crippen LogP contribution in [0.1, 0.15) is 55.3 Å². The lowest BCUT2D eigenvalue weighted by Gasteiger charge is -2.41. The van der Waals surface area contributed by atoms with Crippen molar-refractivity contribution < 1.29 is 17.9 Å². The van der Waals surface area contributed by atoms with Crippen molar-refractivity contribution in [2.75, 3.05) is 57.8 Å². The van der Waals surface area contributed by atoms with E-state index in [1.807, 2.05) is 23.1 Å². The van der Waals surface area contributed by atoms with E-state index >= 15 is 0 Å². The van der Waals surface area contributed by atoms with Gasteiger partial charge in [0.25, 0.3) is 0 Å². The van der Waals surface area contributed by atoms with Gasteiger partial charge < -0.3 is 19.4 Å². The summed E-state index contributed by atoms with van der Waals surface area (Å²) in [6.07, 6.45) is 1.94. The number of halogens is 3. The number of anilines is 1. The average molecular weight is 517 g/mol. The topological polar surface area (TPSA) is 31.8 Å². The van der Waals surface area contributed by atoms with Gasteiger partial charge in [0, 0.05) is 24.5 Å². The van der Waals surface area contributed by atoms with E-state index in [4.69, 9.17) is 4.74 Å². The monoisotopic (exact) mass is 516 g/mol. The summed E-state index contributed by atoms with van der Waals surface area (Å²) in [5.74, 6) is 0.422. The fraction of sp³-hybridized carbons (Fsp3) is 0.621. The molecular weight excluding hydrogens is 477 g/mol. The van der Waals surface area contributed by atoms with Crippen LogP contribution in [0.25, 0.3) is 0 Å². The van der Waals surface area contributed by atoms with Gasteiger partial charge in [-0.1, -0.05) is 30.3 Å². The summed E-state index contributed by atoms with van der Waals surface area (Å²) in [6, 6.07) is 13.3. The van der Waals surface area contributed by atoms with Crippen LogP contribution in [-0.4, -0.2) is 73.7 Å². The third kappa shape index (κ3) is 6.29. The molecule has 8 heteroatoms. The lowest BCUT2D eigenvalue weighted by atomic mass is 9.73. The maximum absolute atomic E-state index is 13.8. The van der Waals surface area contributed by atoms with Crippen molar-refractivity contribution in [2.24, 2.45) is 0 Å². The molecule has 0 spiro atoms. The number of hydrogen-bond acceptors (Lipinski definition) is 5. The van der Waals surface area contributed by atoms with Gasteiger partial charge in [-0.3, -0.25) is 0 Å². The predicted octanol–water partition coefficient (Wildman–Crippen LogP) is 5.35. The molecule has 1 aromatic carbocycles. The van der Waals surface area contributed by atoms with E-state index in [2.05, 4.69) is 34.0 Å². The van der Waals surface area contributed by atoms with Gasteiger partial charge in [-0.15, -0.1) is 0 Å². The lowest BCUT2D eigenvalue weighted by Crippen LogP contribution is -2.44. The Kier molecular flexibility index (Phi) is 8.07. The Morgan fingerprint density at radius 3 is 2.27 bits per heavy atom. The van der Waals surface area contributed by atoms with Crippen molar-refractivity contribution in [3.63, 3.8) is 0 Å². The van der Waals surface area contributed by atoms with Crippen LogP contribution in [0.5, 0.6) is 0 Å². The Morgan fingerprint density at radius 1 is 0.946 bits per heavy atom. The van der Waals surface area contributed by atoms with Crippen LogP contribution >= 0.6 is 0 Å². The molecule has 0 unspecified atom stereocenters. The molecule has 37 heavy (non-hydrogen) atoms. The zero-order valence-corrected chi connectivity index (χ0v) is 21.8. The van der Waals surface area contributed by atoms with Crippen LogP contribution < -0.4 is 4.90 Å². The van der Waals surface area contributed by atoms with Gasteiger partial charge in [0.2, 0.25) is 0 Å². The molecule has 5 rings (SSSR count). The summed E-state index contributed by atoms with van der Waals surface area (Å²) in [6.45, 7) is 6.25. The minimum atomic E-state index is -4.42. The molecule has 4 heterocycles. The fourth-order valence-electron chi connectivity index (χ4n) is 6.24. The molecule has 0 amide bonds. The molecule has 0 radical (unpaired) electrons. The summed E-state index contributed by atoms with van der Waals surface area (Å²) in [5, 5.41) is 0. The normalized spacial score (nSPS) is 22.0. The van der Waals surface area contributed by atoms with Gasteiger partial charge in [0.05, 0.1) is 24.5 Å². The maximum atomic E-state index is 13.8. The summed E-state index contributed by atoms with van der Waals surface area (Å²) in [7, 11) is 2.12. The molecule has 202 valence electrons. The zero-order chi connectivity index (χ0) is 25.9. The molecule has 0 N–H and O–H groups in total. The van der Waals surface area contributed by atoms with Crippen LogP contribution in [0.3, 0.4) is 0 Å². The van der Waals surface area contributed by atoms with E-state index in [-0.39, 0.29) is 12.0 Å². The van der Waals surface area contributed by atoms with Crippen molar-refractivity contribution in [3.8, 4) is 0 Å². The number of benzene rings is 1. The van der Waals surface area contributed by atoms with Crippen molar-refractivity contribution in [1.29, 1.82) is 0 Å². The standard InChI is InChI=1S/C29H39F3N4O/c1-34-17-11-28(12-18-34,23-7-3-2-4-8-23)22-37-21-25-19-24(29(30,31)32)20-27(33-25)36-15-9-26(10-16-36)35-13-5-6-14-35/h2-4,7-8,19-20,26H,5-6,9-18,21-22H2,1H3. The molecule has 3 fully saturated rings. The van der Waals surface area contributed by atoms with Gasteiger partial charge >= 0.3 is 6.18 Å². The molecule has 1 aromatic heterocycles. The number of rotatable bonds is 7. The summed E-state index contributed by atoms with van der Waals surface area (Å²) in [5.41, 5.74) is 0.814. The first-order chi connectivity index (χ1) is 17.8. The smallest absolute Gasteiger partial charge is 0.374 e.